The van der Waals surface area contributed by atoms with E-state index in [0.29, 0.717) is 22.7 Å². The smallest absolute Gasteiger partial charge is 0.341 e. The second kappa shape index (κ2) is 8.03. The van der Waals surface area contributed by atoms with E-state index in [4.69, 9.17) is 9.84 Å². The third kappa shape index (κ3) is 4.52. The molecule has 3 aromatic rings. The number of ether oxygens (including phenoxy) is 1. The van der Waals surface area contributed by atoms with Crippen molar-refractivity contribution in [3.63, 3.8) is 0 Å². The second-order valence-electron chi connectivity index (χ2n) is 5.84. The van der Waals surface area contributed by atoms with Gasteiger partial charge in [0.15, 0.2) is 6.61 Å². The van der Waals surface area contributed by atoms with Gasteiger partial charge in [-0.15, -0.1) is 0 Å². The molecule has 0 radical (unpaired) electrons. The first-order valence-electron chi connectivity index (χ1n) is 8.04. The van der Waals surface area contributed by atoms with Crippen LogP contribution in [-0.4, -0.2) is 35.9 Å². The van der Waals surface area contributed by atoms with E-state index in [9.17, 15) is 13.2 Å². The highest BCUT2D eigenvalue weighted by Crippen LogP contribution is 2.26. The number of nitrogens with zero attached hydrogens (tertiary/aromatic N) is 2. The van der Waals surface area contributed by atoms with Crippen molar-refractivity contribution in [3.05, 3.63) is 64.9 Å². The number of hydrogen-bond donors (Lipinski definition) is 2. The second-order valence-corrected chi connectivity index (χ2v) is 8.43. The first-order chi connectivity index (χ1) is 13.3. The average molecular weight is 466 g/mol. The van der Waals surface area contributed by atoms with Gasteiger partial charge in [0.2, 0.25) is 0 Å². The third-order valence-electron chi connectivity index (χ3n) is 3.75. The molecule has 2 aromatic carbocycles. The Morgan fingerprint density at radius 2 is 2.04 bits per heavy atom. The van der Waals surface area contributed by atoms with Crippen LogP contribution in [0.5, 0.6) is 5.75 Å². The number of aromatic nitrogens is 2. The van der Waals surface area contributed by atoms with Gasteiger partial charge in [-0.05, 0) is 58.7 Å². The Morgan fingerprint density at radius 1 is 1.29 bits per heavy atom. The molecule has 0 aliphatic heterocycles. The molecule has 0 unspecified atom stereocenters. The van der Waals surface area contributed by atoms with Gasteiger partial charge in [-0.2, -0.15) is 5.10 Å². The van der Waals surface area contributed by atoms with Crippen molar-refractivity contribution in [2.45, 2.75) is 11.8 Å². The molecule has 0 bridgehead atoms. The van der Waals surface area contributed by atoms with E-state index in [1.807, 2.05) is 0 Å². The number of aliphatic carboxylic acids is 1. The molecule has 0 aliphatic rings. The van der Waals surface area contributed by atoms with Gasteiger partial charge in [0, 0.05) is 6.20 Å². The summed E-state index contributed by atoms with van der Waals surface area (Å²) < 4.78 is 35.7. The summed E-state index contributed by atoms with van der Waals surface area (Å²) in [5, 5.41) is 12.9. The van der Waals surface area contributed by atoms with E-state index in [2.05, 4.69) is 25.8 Å². The predicted molar refractivity (Wildman–Crippen MR) is 106 cm³/mol. The van der Waals surface area contributed by atoms with Crippen LogP contribution in [0.25, 0.3) is 5.69 Å². The van der Waals surface area contributed by atoms with E-state index < -0.39 is 22.6 Å². The quantitative estimate of drug-likeness (QED) is 0.554. The molecule has 0 saturated carbocycles. The Balaban J connectivity index is 1.89. The summed E-state index contributed by atoms with van der Waals surface area (Å²) in [4.78, 5) is 10.7. The number of hydrogen-bond acceptors (Lipinski definition) is 5. The van der Waals surface area contributed by atoms with Gasteiger partial charge in [-0.25, -0.2) is 17.9 Å². The first kappa shape index (κ1) is 19.9. The number of anilines is 1. The fraction of sp³-hybridized carbons (Fsp3) is 0.111. The Morgan fingerprint density at radius 3 is 2.68 bits per heavy atom. The van der Waals surface area contributed by atoms with Crippen molar-refractivity contribution in [3.8, 4) is 11.4 Å². The Kier molecular flexibility index (Phi) is 5.71. The van der Waals surface area contributed by atoms with Crippen LogP contribution in [0.2, 0.25) is 0 Å². The van der Waals surface area contributed by atoms with Gasteiger partial charge in [-0.1, -0.05) is 12.1 Å². The first-order valence-corrected chi connectivity index (χ1v) is 10.3. The number of aryl methyl sites for hydroxylation is 1. The Bertz CT molecular complexity index is 1130. The summed E-state index contributed by atoms with van der Waals surface area (Å²) in [6, 6.07) is 11.1. The van der Waals surface area contributed by atoms with Gasteiger partial charge < -0.3 is 9.84 Å². The predicted octanol–water partition coefficient (Wildman–Crippen LogP) is 3.21. The molecule has 0 spiro atoms. The zero-order chi connectivity index (χ0) is 20.3. The van der Waals surface area contributed by atoms with Crippen molar-refractivity contribution < 1.29 is 23.1 Å². The Hall–Kier alpha value is -2.85. The monoisotopic (exact) mass is 465 g/mol. The van der Waals surface area contributed by atoms with Gasteiger partial charge in [0.1, 0.15) is 5.75 Å². The molecule has 1 heterocycles. The van der Waals surface area contributed by atoms with Crippen LogP contribution in [0.15, 0.2) is 64.2 Å². The fourth-order valence-corrected chi connectivity index (χ4v) is 3.93. The average Bonchev–Trinajstić information content (AvgIpc) is 3.07. The van der Waals surface area contributed by atoms with Crippen molar-refractivity contribution >= 4 is 37.6 Å². The number of para-hydroxylation sites is 2. The number of rotatable bonds is 7. The van der Waals surface area contributed by atoms with Gasteiger partial charge in [-0.3, -0.25) is 4.72 Å². The molecule has 0 amide bonds. The molecular formula is C18H16BrN3O5S. The van der Waals surface area contributed by atoms with Crippen LogP contribution in [0.1, 0.15) is 5.56 Å². The summed E-state index contributed by atoms with van der Waals surface area (Å²) in [5.74, 6) is -0.803. The molecule has 0 fully saturated rings. The third-order valence-corrected chi connectivity index (χ3v) is 5.53. The zero-order valence-electron chi connectivity index (χ0n) is 14.7. The highest BCUT2D eigenvalue weighted by molar-refractivity contribution is 9.10. The van der Waals surface area contributed by atoms with Crippen molar-refractivity contribution in [1.82, 2.24) is 9.78 Å². The van der Waals surface area contributed by atoms with Crippen molar-refractivity contribution in [2.75, 3.05) is 11.3 Å². The minimum Gasteiger partial charge on any atom is -0.482 e. The molecule has 2 N–H and O–H groups in total. The summed E-state index contributed by atoms with van der Waals surface area (Å²) in [6.07, 6.45) is 3.32. The maximum Gasteiger partial charge on any atom is 0.341 e. The zero-order valence-corrected chi connectivity index (χ0v) is 17.1. The number of benzene rings is 2. The summed E-state index contributed by atoms with van der Waals surface area (Å²) in [5.41, 5.74) is 1.44. The fourth-order valence-electron chi connectivity index (χ4n) is 2.49. The van der Waals surface area contributed by atoms with Crippen LogP contribution in [0.4, 0.5) is 5.69 Å². The minimum absolute atomic E-state index is 0.0316. The van der Waals surface area contributed by atoms with E-state index >= 15 is 0 Å². The molecule has 1 aromatic heterocycles. The topological polar surface area (TPSA) is 111 Å². The van der Waals surface area contributed by atoms with Crippen molar-refractivity contribution in [1.29, 1.82) is 0 Å². The van der Waals surface area contributed by atoms with E-state index in [1.54, 1.807) is 48.3 Å². The van der Waals surface area contributed by atoms with E-state index in [0.717, 1.165) is 4.47 Å². The lowest BCUT2D eigenvalue weighted by Gasteiger charge is -2.14. The highest BCUT2D eigenvalue weighted by Gasteiger charge is 2.18. The number of nitrogens with one attached hydrogen (secondary N) is 1. The van der Waals surface area contributed by atoms with Crippen LogP contribution >= 0.6 is 15.9 Å². The molecule has 10 heteroatoms. The molecule has 146 valence electrons. The molecular weight excluding hydrogens is 450 g/mol. The van der Waals surface area contributed by atoms with Gasteiger partial charge in [0.25, 0.3) is 10.0 Å². The van der Waals surface area contributed by atoms with Gasteiger partial charge >= 0.3 is 5.97 Å². The summed E-state index contributed by atoms with van der Waals surface area (Å²) in [7, 11) is -3.88. The largest absolute Gasteiger partial charge is 0.482 e. The number of halogens is 1. The van der Waals surface area contributed by atoms with E-state index in [-0.39, 0.29) is 4.90 Å². The molecule has 0 saturated heterocycles. The normalized spacial score (nSPS) is 11.2. The summed E-state index contributed by atoms with van der Waals surface area (Å²) >= 11 is 3.32. The van der Waals surface area contributed by atoms with Gasteiger partial charge in [0.05, 0.1) is 26.9 Å². The molecule has 0 atom stereocenters. The summed E-state index contributed by atoms with van der Waals surface area (Å²) in [6.45, 7) is 1.14. The molecule has 0 aliphatic carbocycles. The number of sulfonamides is 1. The Labute approximate surface area is 169 Å². The van der Waals surface area contributed by atoms with Crippen LogP contribution in [0.3, 0.4) is 0 Å². The lowest BCUT2D eigenvalue weighted by molar-refractivity contribution is -0.139. The lowest BCUT2D eigenvalue weighted by Crippen LogP contribution is -2.15. The number of carbonyl (C=O) groups is 1. The van der Waals surface area contributed by atoms with Crippen molar-refractivity contribution in [2.24, 2.45) is 0 Å². The minimum atomic E-state index is -3.88. The SMILES string of the molecule is Cc1cc(S(=O)(=O)Nc2ccccc2-n2cc(Br)cn2)ccc1OCC(=O)O. The lowest BCUT2D eigenvalue weighted by atomic mass is 10.2. The van der Waals surface area contributed by atoms with E-state index in [1.165, 1.54) is 18.2 Å². The van der Waals surface area contributed by atoms with Crippen LogP contribution in [-0.2, 0) is 14.8 Å². The molecule has 3 rings (SSSR count). The standard InChI is InChI=1S/C18H16BrN3O5S/c1-12-8-14(6-7-17(12)27-11-18(23)24)28(25,26)21-15-4-2-3-5-16(15)22-10-13(19)9-20-22/h2-10,21H,11H2,1H3,(H,23,24). The number of carboxylic acid groups (broad SMARTS) is 1. The molecule has 28 heavy (non-hydrogen) atoms. The molecule has 8 nitrogen and oxygen atoms in total. The van der Waals surface area contributed by atoms with Crippen LogP contribution < -0.4 is 9.46 Å². The maximum absolute atomic E-state index is 12.8. The van der Waals surface area contributed by atoms with Crippen LogP contribution in [0, 0.1) is 6.92 Å². The maximum atomic E-state index is 12.8. The number of carboxylic acids is 1. The highest BCUT2D eigenvalue weighted by atomic mass is 79.9.